The van der Waals surface area contributed by atoms with Crippen molar-refractivity contribution in [2.45, 2.75) is 46.6 Å². The van der Waals surface area contributed by atoms with Crippen molar-refractivity contribution in [2.75, 3.05) is 36.9 Å². The number of nitrogens with one attached hydrogen (secondary N) is 2. The molecule has 0 spiro atoms. The van der Waals surface area contributed by atoms with Crippen LogP contribution in [0.2, 0.25) is 0 Å². The molecular weight excluding hydrogens is 270 g/mol. The summed E-state index contributed by atoms with van der Waals surface area (Å²) in [5.41, 5.74) is 0. The number of anilines is 2. The first-order valence-electron chi connectivity index (χ1n) is 7.67. The first-order chi connectivity index (χ1) is 10.2. The summed E-state index contributed by atoms with van der Waals surface area (Å²) in [7, 11) is 0. The van der Waals surface area contributed by atoms with E-state index in [4.69, 9.17) is 9.47 Å². The lowest BCUT2D eigenvalue weighted by Crippen LogP contribution is -2.21. The molecule has 0 saturated heterocycles. The molecule has 120 valence electrons. The molecule has 21 heavy (non-hydrogen) atoms. The van der Waals surface area contributed by atoms with E-state index in [0.29, 0.717) is 37.7 Å². The van der Waals surface area contributed by atoms with Crippen LogP contribution in [0.15, 0.2) is 0 Å². The van der Waals surface area contributed by atoms with Crippen LogP contribution >= 0.6 is 0 Å². The molecule has 0 bridgehead atoms. The van der Waals surface area contributed by atoms with Crippen LogP contribution in [0.25, 0.3) is 0 Å². The minimum Gasteiger partial charge on any atom is -0.463 e. The van der Waals surface area contributed by atoms with Gasteiger partial charge in [0.1, 0.15) is 0 Å². The van der Waals surface area contributed by atoms with Gasteiger partial charge in [-0.25, -0.2) is 0 Å². The zero-order valence-electron chi connectivity index (χ0n) is 13.5. The van der Waals surface area contributed by atoms with Gasteiger partial charge < -0.3 is 20.1 Å². The van der Waals surface area contributed by atoms with Gasteiger partial charge in [-0.15, -0.1) is 0 Å². The van der Waals surface area contributed by atoms with E-state index in [1.165, 1.54) is 0 Å². The molecule has 1 heterocycles. The maximum Gasteiger partial charge on any atom is 0.323 e. The topological polar surface area (TPSA) is 81.2 Å². The third-order valence-corrected chi connectivity index (χ3v) is 2.58. The van der Waals surface area contributed by atoms with E-state index in [-0.39, 0.29) is 6.10 Å². The zero-order valence-corrected chi connectivity index (χ0v) is 13.5. The average Bonchev–Trinajstić information content (AvgIpc) is 2.49. The fraction of sp³-hybridized carbons (Fsp3) is 0.786. The fourth-order valence-corrected chi connectivity index (χ4v) is 1.59. The van der Waals surface area contributed by atoms with E-state index in [2.05, 4.69) is 32.5 Å². The average molecular weight is 297 g/mol. The number of hydrogen-bond acceptors (Lipinski definition) is 7. The summed E-state index contributed by atoms with van der Waals surface area (Å²) in [6.45, 7) is 10.8. The van der Waals surface area contributed by atoms with Crippen LogP contribution < -0.4 is 15.4 Å². The standard InChI is InChI=1S/C14H27N5O2/c1-5-8-15-12-17-13(16-10-11(4)20-7-3)19-14(18-12)21-9-6-2/h11H,5-10H2,1-4H3,(H2,15,16,17,18,19). The van der Waals surface area contributed by atoms with Gasteiger partial charge in [0.05, 0.1) is 12.7 Å². The molecule has 1 atom stereocenters. The van der Waals surface area contributed by atoms with E-state index in [9.17, 15) is 0 Å². The summed E-state index contributed by atoms with van der Waals surface area (Å²) in [4.78, 5) is 12.8. The van der Waals surface area contributed by atoms with Crippen LogP contribution in [-0.4, -0.2) is 47.4 Å². The van der Waals surface area contributed by atoms with Crippen LogP contribution in [0.4, 0.5) is 11.9 Å². The Morgan fingerprint density at radius 3 is 2.33 bits per heavy atom. The summed E-state index contributed by atoms with van der Waals surface area (Å²) in [5.74, 6) is 1.03. The molecule has 7 nitrogen and oxygen atoms in total. The van der Waals surface area contributed by atoms with E-state index in [0.717, 1.165) is 19.4 Å². The highest BCUT2D eigenvalue weighted by atomic mass is 16.5. The van der Waals surface area contributed by atoms with E-state index in [1.54, 1.807) is 0 Å². The van der Waals surface area contributed by atoms with Crippen molar-refractivity contribution < 1.29 is 9.47 Å². The van der Waals surface area contributed by atoms with Crippen molar-refractivity contribution in [2.24, 2.45) is 0 Å². The second-order valence-electron chi connectivity index (χ2n) is 4.69. The molecule has 0 aliphatic heterocycles. The Labute approximate surface area is 126 Å². The SMILES string of the molecule is CCCNc1nc(NCC(C)OCC)nc(OCCC)n1. The third kappa shape index (κ3) is 7.08. The molecule has 1 aromatic rings. The molecule has 1 aromatic heterocycles. The maximum absolute atomic E-state index is 5.50. The Hall–Kier alpha value is -1.63. The van der Waals surface area contributed by atoms with Crippen molar-refractivity contribution in [1.29, 1.82) is 0 Å². The van der Waals surface area contributed by atoms with Gasteiger partial charge in [-0.3, -0.25) is 0 Å². The Bertz CT molecular complexity index is 377. The summed E-state index contributed by atoms with van der Waals surface area (Å²) >= 11 is 0. The number of rotatable bonds is 11. The molecule has 0 aliphatic rings. The lowest BCUT2D eigenvalue weighted by molar-refractivity contribution is 0.0854. The van der Waals surface area contributed by atoms with E-state index >= 15 is 0 Å². The molecule has 7 heteroatoms. The molecule has 0 aliphatic carbocycles. The van der Waals surface area contributed by atoms with Crippen LogP contribution in [0, 0.1) is 0 Å². The Morgan fingerprint density at radius 1 is 1.00 bits per heavy atom. The molecular formula is C14H27N5O2. The van der Waals surface area contributed by atoms with Gasteiger partial charge in [-0.2, -0.15) is 15.0 Å². The first kappa shape index (κ1) is 17.4. The summed E-state index contributed by atoms with van der Waals surface area (Å²) in [6.07, 6.45) is 2.01. The molecule has 1 unspecified atom stereocenters. The van der Waals surface area contributed by atoms with Crippen LogP contribution in [-0.2, 0) is 4.74 Å². The van der Waals surface area contributed by atoms with Crippen LogP contribution in [0.1, 0.15) is 40.5 Å². The van der Waals surface area contributed by atoms with Crippen molar-refractivity contribution in [1.82, 2.24) is 15.0 Å². The molecule has 0 aromatic carbocycles. The minimum absolute atomic E-state index is 0.0961. The van der Waals surface area contributed by atoms with Gasteiger partial charge in [0.2, 0.25) is 11.9 Å². The van der Waals surface area contributed by atoms with Gasteiger partial charge in [0.15, 0.2) is 0 Å². The summed E-state index contributed by atoms with van der Waals surface area (Å²) in [5, 5.41) is 6.31. The highest BCUT2D eigenvalue weighted by molar-refractivity contribution is 5.35. The quantitative estimate of drug-likeness (QED) is 0.648. The maximum atomic E-state index is 5.50. The number of hydrogen-bond donors (Lipinski definition) is 2. The summed E-state index contributed by atoms with van der Waals surface area (Å²) in [6, 6.07) is 0.344. The van der Waals surface area contributed by atoms with Crippen molar-refractivity contribution in [3.05, 3.63) is 0 Å². The minimum atomic E-state index is 0.0961. The lowest BCUT2D eigenvalue weighted by atomic mass is 10.4. The fourth-order valence-electron chi connectivity index (χ4n) is 1.59. The largest absolute Gasteiger partial charge is 0.463 e. The van der Waals surface area contributed by atoms with Gasteiger partial charge in [0, 0.05) is 19.7 Å². The predicted octanol–water partition coefficient (Wildman–Crippen LogP) is 2.32. The van der Waals surface area contributed by atoms with Crippen molar-refractivity contribution in [3.63, 3.8) is 0 Å². The molecule has 1 rings (SSSR count). The molecule has 0 radical (unpaired) electrons. The van der Waals surface area contributed by atoms with Gasteiger partial charge in [-0.1, -0.05) is 13.8 Å². The summed E-state index contributed by atoms with van der Waals surface area (Å²) < 4.78 is 11.0. The Morgan fingerprint density at radius 2 is 1.71 bits per heavy atom. The second kappa shape index (κ2) is 10.1. The van der Waals surface area contributed by atoms with Gasteiger partial charge in [-0.05, 0) is 26.7 Å². The predicted molar refractivity (Wildman–Crippen MR) is 84.0 cm³/mol. The first-order valence-corrected chi connectivity index (χ1v) is 7.67. The van der Waals surface area contributed by atoms with Crippen molar-refractivity contribution >= 4 is 11.9 Å². The molecule has 0 amide bonds. The third-order valence-electron chi connectivity index (χ3n) is 2.58. The zero-order chi connectivity index (χ0) is 15.5. The van der Waals surface area contributed by atoms with Crippen molar-refractivity contribution in [3.8, 4) is 6.01 Å². The monoisotopic (exact) mass is 297 g/mol. The highest BCUT2D eigenvalue weighted by Gasteiger charge is 2.08. The molecule has 0 saturated carbocycles. The normalized spacial score (nSPS) is 12.0. The number of nitrogens with zero attached hydrogens (tertiary/aromatic N) is 3. The Balaban J connectivity index is 2.70. The molecule has 2 N–H and O–H groups in total. The van der Waals surface area contributed by atoms with Crippen LogP contribution in [0.5, 0.6) is 6.01 Å². The lowest BCUT2D eigenvalue weighted by Gasteiger charge is -2.13. The van der Waals surface area contributed by atoms with E-state index < -0.39 is 0 Å². The number of aromatic nitrogens is 3. The van der Waals surface area contributed by atoms with Gasteiger partial charge >= 0.3 is 6.01 Å². The smallest absolute Gasteiger partial charge is 0.323 e. The number of ether oxygens (including phenoxy) is 2. The molecule has 0 fully saturated rings. The Kier molecular flexibility index (Phi) is 8.42. The highest BCUT2D eigenvalue weighted by Crippen LogP contribution is 2.11. The second-order valence-corrected chi connectivity index (χ2v) is 4.69. The van der Waals surface area contributed by atoms with Gasteiger partial charge in [0.25, 0.3) is 0 Å². The van der Waals surface area contributed by atoms with Crippen LogP contribution in [0.3, 0.4) is 0 Å². The van der Waals surface area contributed by atoms with E-state index in [1.807, 2.05) is 20.8 Å².